The van der Waals surface area contributed by atoms with Gasteiger partial charge >= 0.3 is 0 Å². The molecule has 0 radical (unpaired) electrons. The van der Waals surface area contributed by atoms with E-state index in [1.54, 1.807) is 0 Å². The zero-order valence-corrected chi connectivity index (χ0v) is 12.1. The first-order valence-corrected chi connectivity index (χ1v) is 7.46. The highest BCUT2D eigenvalue weighted by Gasteiger charge is 2.36. The summed E-state index contributed by atoms with van der Waals surface area (Å²) in [4.78, 5) is 4.60. The SMILES string of the molecule is Cc1ccc2cccc(OCC3(CS)CCC3)c2n1. The second-order valence-corrected chi connectivity index (χ2v) is 5.90. The predicted molar refractivity (Wildman–Crippen MR) is 82.1 cm³/mol. The molecule has 0 spiro atoms. The first-order valence-electron chi connectivity index (χ1n) is 6.83. The average molecular weight is 273 g/mol. The molecule has 0 amide bonds. The van der Waals surface area contributed by atoms with E-state index < -0.39 is 0 Å². The van der Waals surface area contributed by atoms with Crippen LogP contribution in [0, 0.1) is 12.3 Å². The van der Waals surface area contributed by atoms with Crippen LogP contribution < -0.4 is 4.74 Å². The molecule has 3 heteroatoms. The van der Waals surface area contributed by atoms with Gasteiger partial charge in [-0.2, -0.15) is 12.6 Å². The first kappa shape index (κ1) is 12.8. The summed E-state index contributed by atoms with van der Waals surface area (Å²) in [5.41, 5.74) is 2.28. The third kappa shape index (κ3) is 2.44. The normalized spacial score (nSPS) is 17.2. The maximum Gasteiger partial charge on any atom is 0.145 e. The second-order valence-electron chi connectivity index (χ2n) is 5.58. The van der Waals surface area contributed by atoms with Gasteiger partial charge in [0.25, 0.3) is 0 Å². The molecule has 1 fully saturated rings. The molecular weight excluding hydrogens is 254 g/mol. The first-order chi connectivity index (χ1) is 9.22. The monoisotopic (exact) mass is 273 g/mol. The number of thiol groups is 1. The fraction of sp³-hybridized carbons (Fsp3) is 0.438. The Morgan fingerprint density at radius 2 is 2.11 bits per heavy atom. The number of para-hydroxylation sites is 1. The Bertz CT molecular complexity index is 587. The lowest BCUT2D eigenvalue weighted by Crippen LogP contribution is -2.37. The topological polar surface area (TPSA) is 22.1 Å². The molecule has 0 atom stereocenters. The van der Waals surface area contributed by atoms with Gasteiger partial charge in [-0.3, -0.25) is 0 Å². The number of fused-ring (bicyclic) bond motifs is 1. The number of pyridine rings is 1. The van der Waals surface area contributed by atoms with Gasteiger partial charge in [0.1, 0.15) is 11.3 Å². The molecule has 2 aromatic rings. The van der Waals surface area contributed by atoms with Crippen LogP contribution in [0.25, 0.3) is 10.9 Å². The van der Waals surface area contributed by atoms with Crippen molar-refractivity contribution in [2.24, 2.45) is 5.41 Å². The summed E-state index contributed by atoms with van der Waals surface area (Å²) in [5.74, 6) is 1.80. The molecule has 1 heterocycles. The van der Waals surface area contributed by atoms with Crippen LogP contribution in [0.3, 0.4) is 0 Å². The Labute approximate surface area is 119 Å². The maximum absolute atomic E-state index is 6.06. The number of aryl methyl sites for hydroxylation is 1. The molecule has 19 heavy (non-hydrogen) atoms. The van der Waals surface area contributed by atoms with Crippen LogP contribution in [0.15, 0.2) is 30.3 Å². The van der Waals surface area contributed by atoms with Crippen LogP contribution in [0.2, 0.25) is 0 Å². The van der Waals surface area contributed by atoms with Crippen molar-refractivity contribution in [3.63, 3.8) is 0 Å². The van der Waals surface area contributed by atoms with Crippen molar-refractivity contribution in [3.8, 4) is 5.75 Å². The van der Waals surface area contributed by atoms with Gasteiger partial charge in [0, 0.05) is 16.5 Å². The summed E-state index contributed by atoms with van der Waals surface area (Å²) < 4.78 is 6.06. The van der Waals surface area contributed by atoms with Crippen LogP contribution in [-0.4, -0.2) is 17.3 Å². The Kier molecular flexibility index (Phi) is 3.40. The molecule has 2 nitrogen and oxygen atoms in total. The smallest absolute Gasteiger partial charge is 0.145 e. The van der Waals surface area contributed by atoms with E-state index >= 15 is 0 Å². The van der Waals surface area contributed by atoms with E-state index in [2.05, 4.69) is 29.7 Å². The molecule has 0 saturated heterocycles. The third-order valence-corrected chi connectivity index (χ3v) is 4.78. The Balaban J connectivity index is 1.86. The molecular formula is C16H19NOS. The number of ether oxygens (including phenoxy) is 1. The number of benzene rings is 1. The summed E-state index contributed by atoms with van der Waals surface area (Å²) >= 11 is 4.47. The van der Waals surface area contributed by atoms with Crippen LogP contribution in [-0.2, 0) is 0 Å². The number of rotatable bonds is 4. The molecule has 3 rings (SSSR count). The van der Waals surface area contributed by atoms with Gasteiger partial charge in [0.2, 0.25) is 0 Å². The summed E-state index contributed by atoms with van der Waals surface area (Å²) in [5, 5.41) is 1.14. The van der Waals surface area contributed by atoms with Crippen LogP contribution in [0.4, 0.5) is 0 Å². The van der Waals surface area contributed by atoms with Crippen LogP contribution >= 0.6 is 12.6 Å². The summed E-state index contributed by atoms with van der Waals surface area (Å²) in [7, 11) is 0. The minimum Gasteiger partial charge on any atom is -0.491 e. The van der Waals surface area contributed by atoms with E-state index in [1.807, 2.05) is 25.1 Å². The molecule has 1 aliphatic carbocycles. The van der Waals surface area contributed by atoms with Crippen molar-refractivity contribution >= 4 is 23.5 Å². The van der Waals surface area contributed by atoms with Gasteiger partial charge < -0.3 is 4.74 Å². The minimum absolute atomic E-state index is 0.287. The van der Waals surface area contributed by atoms with Gasteiger partial charge in [-0.15, -0.1) is 0 Å². The largest absolute Gasteiger partial charge is 0.491 e. The van der Waals surface area contributed by atoms with E-state index in [-0.39, 0.29) is 5.41 Å². The third-order valence-electron chi connectivity index (χ3n) is 4.11. The van der Waals surface area contributed by atoms with E-state index in [1.165, 1.54) is 19.3 Å². The molecule has 0 unspecified atom stereocenters. The molecule has 0 aliphatic heterocycles. The van der Waals surface area contributed by atoms with Crippen LogP contribution in [0.1, 0.15) is 25.0 Å². The van der Waals surface area contributed by atoms with Gasteiger partial charge in [0.05, 0.1) is 6.61 Å². The van der Waals surface area contributed by atoms with Gasteiger partial charge in [-0.1, -0.05) is 24.6 Å². The van der Waals surface area contributed by atoms with Crippen molar-refractivity contribution in [1.82, 2.24) is 4.98 Å². The lowest BCUT2D eigenvalue weighted by Gasteiger charge is -2.40. The number of hydrogen-bond donors (Lipinski definition) is 1. The molecule has 1 saturated carbocycles. The van der Waals surface area contributed by atoms with Crippen molar-refractivity contribution in [2.75, 3.05) is 12.4 Å². The highest BCUT2D eigenvalue weighted by molar-refractivity contribution is 7.80. The van der Waals surface area contributed by atoms with Crippen LogP contribution in [0.5, 0.6) is 5.75 Å². The molecule has 0 N–H and O–H groups in total. The Morgan fingerprint density at radius 3 is 2.79 bits per heavy atom. The molecule has 0 bridgehead atoms. The number of aromatic nitrogens is 1. The summed E-state index contributed by atoms with van der Waals surface area (Å²) in [6.45, 7) is 2.77. The van der Waals surface area contributed by atoms with Crippen molar-refractivity contribution < 1.29 is 4.74 Å². The van der Waals surface area contributed by atoms with Crippen molar-refractivity contribution in [1.29, 1.82) is 0 Å². The summed E-state index contributed by atoms with van der Waals surface area (Å²) in [6.07, 6.45) is 3.76. The van der Waals surface area contributed by atoms with E-state index in [4.69, 9.17) is 4.74 Å². The highest BCUT2D eigenvalue weighted by Crippen LogP contribution is 2.42. The fourth-order valence-electron chi connectivity index (χ4n) is 2.59. The minimum atomic E-state index is 0.287. The quantitative estimate of drug-likeness (QED) is 0.850. The number of hydrogen-bond acceptors (Lipinski definition) is 3. The van der Waals surface area contributed by atoms with E-state index in [9.17, 15) is 0 Å². The molecule has 1 aromatic heterocycles. The number of nitrogens with zero attached hydrogens (tertiary/aromatic N) is 1. The van der Waals surface area contributed by atoms with Gasteiger partial charge in [-0.05, 0) is 37.7 Å². The standard InChI is InChI=1S/C16H19NOS/c1-12-6-7-13-4-2-5-14(15(13)17-12)18-10-16(11-19)8-3-9-16/h2,4-7,19H,3,8-11H2,1H3. The summed E-state index contributed by atoms with van der Waals surface area (Å²) in [6, 6.07) is 10.3. The van der Waals surface area contributed by atoms with Gasteiger partial charge in [0.15, 0.2) is 0 Å². The highest BCUT2D eigenvalue weighted by atomic mass is 32.1. The molecule has 1 aliphatic rings. The van der Waals surface area contributed by atoms with Crippen molar-refractivity contribution in [2.45, 2.75) is 26.2 Å². The lowest BCUT2D eigenvalue weighted by atomic mass is 9.71. The lowest BCUT2D eigenvalue weighted by molar-refractivity contribution is 0.0837. The Hall–Kier alpha value is -1.22. The van der Waals surface area contributed by atoms with E-state index in [0.717, 1.165) is 34.7 Å². The van der Waals surface area contributed by atoms with Gasteiger partial charge in [-0.25, -0.2) is 4.98 Å². The molecule has 1 aromatic carbocycles. The predicted octanol–water partition coefficient (Wildman–Crippen LogP) is 4.02. The average Bonchev–Trinajstić information content (AvgIpc) is 2.38. The fourth-order valence-corrected chi connectivity index (χ4v) is 3.00. The zero-order valence-electron chi connectivity index (χ0n) is 11.2. The second kappa shape index (κ2) is 5.04. The maximum atomic E-state index is 6.06. The van der Waals surface area contributed by atoms with Crippen molar-refractivity contribution in [3.05, 3.63) is 36.0 Å². The van der Waals surface area contributed by atoms with E-state index in [0.29, 0.717) is 0 Å². The Morgan fingerprint density at radius 1 is 1.26 bits per heavy atom. The zero-order chi connectivity index (χ0) is 13.3. The molecule has 100 valence electrons.